The van der Waals surface area contributed by atoms with Gasteiger partial charge in [-0.1, -0.05) is 11.3 Å². The zero-order valence-electron chi connectivity index (χ0n) is 7.14. The Hall–Kier alpha value is -1.43. The summed E-state index contributed by atoms with van der Waals surface area (Å²) < 4.78 is 1.75. The number of nitrogens with two attached hydrogens (primary N) is 1. The van der Waals surface area contributed by atoms with E-state index in [-0.39, 0.29) is 0 Å². The summed E-state index contributed by atoms with van der Waals surface area (Å²) in [5.41, 5.74) is 6.19. The molecule has 2 aromatic heterocycles. The maximum Gasteiger partial charge on any atom is 0.139 e. The van der Waals surface area contributed by atoms with Gasteiger partial charge < -0.3 is 5.73 Å². The molecule has 6 heteroatoms. The predicted octanol–water partition coefficient (Wildman–Crippen LogP) is 0.674. The summed E-state index contributed by atoms with van der Waals surface area (Å²) in [5.74, 6) is 0. The molecule has 0 saturated carbocycles. The third kappa shape index (κ3) is 1.83. The monoisotopic (exact) mass is 195 g/mol. The summed E-state index contributed by atoms with van der Waals surface area (Å²) in [4.78, 5) is 0. The SMILES string of the molecule is Cc1nnc(Cn2cc(N)cn2)s1. The summed E-state index contributed by atoms with van der Waals surface area (Å²) in [6, 6.07) is 0. The Bertz CT molecular complexity index is 366. The lowest BCUT2D eigenvalue weighted by atomic mass is 10.6. The van der Waals surface area contributed by atoms with Crippen LogP contribution in [0.5, 0.6) is 0 Å². The van der Waals surface area contributed by atoms with Crippen molar-refractivity contribution >= 4 is 17.0 Å². The molecule has 2 rings (SSSR count). The molecule has 13 heavy (non-hydrogen) atoms. The largest absolute Gasteiger partial charge is 0.396 e. The van der Waals surface area contributed by atoms with Crippen molar-refractivity contribution in [3.05, 3.63) is 22.4 Å². The van der Waals surface area contributed by atoms with Crippen LogP contribution in [0, 0.1) is 6.92 Å². The summed E-state index contributed by atoms with van der Waals surface area (Å²) in [6.45, 7) is 2.57. The van der Waals surface area contributed by atoms with Gasteiger partial charge >= 0.3 is 0 Å². The zero-order chi connectivity index (χ0) is 9.26. The van der Waals surface area contributed by atoms with Gasteiger partial charge in [0, 0.05) is 6.20 Å². The van der Waals surface area contributed by atoms with Gasteiger partial charge in [-0.15, -0.1) is 10.2 Å². The van der Waals surface area contributed by atoms with E-state index in [1.807, 2.05) is 6.92 Å². The van der Waals surface area contributed by atoms with Gasteiger partial charge in [-0.05, 0) is 6.92 Å². The van der Waals surface area contributed by atoms with Crippen molar-refractivity contribution in [2.45, 2.75) is 13.5 Å². The number of anilines is 1. The molecule has 68 valence electrons. The Morgan fingerprint density at radius 3 is 2.92 bits per heavy atom. The molecule has 0 bridgehead atoms. The highest BCUT2D eigenvalue weighted by Gasteiger charge is 2.01. The summed E-state index contributed by atoms with van der Waals surface area (Å²) in [6.07, 6.45) is 3.39. The molecular formula is C7H9N5S. The molecule has 2 aromatic rings. The second-order valence-electron chi connectivity index (χ2n) is 2.69. The molecule has 0 fully saturated rings. The fraction of sp³-hybridized carbons (Fsp3) is 0.286. The van der Waals surface area contributed by atoms with Crippen LogP contribution in [0.3, 0.4) is 0 Å². The van der Waals surface area contributed by atoms with Crippen molar-refractivity contribution in [2.24, 2.45) is 0 Å². The molecule has 0 aliphatic heterocycles. The quantitative estimate of drug-likeness (QED) is 0.764. The van der Waals surface area contributed by atoms with Gasteiger partial charge in [-0.25, -0.2) is 0 Å². The number of nitrogen functional groups attached to an aromatic ring is 1. The van der Waals surface area contributed by atoms with Crippen molar-refractivity contribution in [3.63, 3.8) is 0 Å². The number of hydrogen-bond acceptors (Lipinski definition) is 5. The van der Waals surface area contributed by atoms with E-state index in [9.17, 15) is 0 Å². The fourth-order valence-corrected chi connectivity index (χ4v) is 1.71. The van der Waals surface area contributed by atoms with Crippen LogP contribution >= 0.6 is 11.3 Å². The van der Waals surface area contributed by atoms with Crippen LogP contribution < -0.4 is 5.73 Å². The van der Waals surface area contributed by atoms with E-state index in [4.69, 9.17) is 5.73 Å². The topological polar surface area (TPSA) is 69.6 Å². The van der Waals surface area contributed by atoms with E-state index in [1.165, 1.54) is 0 Å². The van der Waals surface area contributed by atoms with E-state index in [2.05, 4.69) is 15.3 Å². The maximum absolute atomic E-state index is 5.52. The molecule has 0 amide bonds. The van der Waals surface area contributed by atoms with Gasteiger partial charge in [-0.3, -0.25) is 4.68 Å². The maximum atomic E-state index is 5.52. The Morgan fingerprint density at radius 2 is 2.38 bits per heavy atom. The molecule has 0 aromatic carbocycles. The summed E-state index contributed by atoms with van der Waals surface area (Å²) in [5, 5.41) is 13.9. The Kier molecular flexibility index (Phi) is 1.97. The third-order valence-corrected chi connectivity index (χ3v) is 2.34. The Balaban J connectivity index is 2.14. The highest BCUT2D eigenvalue weighted by atomic mass is 32.1. The van der Waals surface area contributed by atoms with Crippen LogP contribution in [-0.2, 0) is 6.54 Å². The van der Waals surface area contributed by atoms with E-state index < -0.39 is 0 Å². The first-order valence-electron chi connectivity index (χ1n) is 3.81. The standard InChI is InChI=1S/C7H9N5S/c1-5-10-11-7(13-5)4-12-3-6(8)2-9-12/h2-3H,4,8H2,1H3. The van der Waals surface area contributed by atoms with Crippen LogP contribution in [0.4, 0.5) is 5.69 Å². The molecule has 0 aliphatic carbocycles. The van der Waals surface area contributed by atoms with Crippen molar-refractivity contribution in [2.75, 3.05) is 5.73 Å². The predicted molar refractivity (Wildman–Crippen MR) is 50.4 cm³/mol. The normalized spacial score (nSPS) is 10.5. The van der Waals surface area contributed by atoms with E-state index in [0.717, 1.165) is 10.0 Å². The molecule has 5 nitrogen and oxygen atoms in total. The van der Waals surface area contributed by atoms with Crippen molar-refractivity contribution in [1.29, 1.82) is 0 Å². The number of nitrogens with zero attached hydrogens (tertiary/aromatic N) is 4. The van der Waals surface area contributed by atoms with E-state index in [1.54, 1.807) is 28.4 Å². The summed E-state index contributed by atoms with van der Waals surface area (Å²) in [7, 11) is 0. The highest BCUT2D eigenvalue weighted by molar-refractivity contribution is 7.11. The smallest absolute Gasteiger partial charge is 0.139 e. The first-order chi connectivity index (χ1) is 6.24. The van der Waals surface area contributed by atoms with Crippen LogP contribution in [0.25, 0.3) is 0 Å². The van der Waals surface area contributed by atoms with Crippen molar-refractivity contribution in [1.82, 2.24) is 20.0 Å². The number of hydrogen-bond donors (Lipinski definition) is 1. The molecule has 0 saturated heterocycles. The van der Waals surface area contributed by atoms with Crippen molar-refractivity contribution in [3.8, 4) is 0 Å². The molecule has 2 heterocycles. The average molecular weight is 195 g/mol. The minimum atomic E-state index is 0.642. The molecule has 0 unspecified atom stereocenters. The Labute approximate surface area is 79.2 Å². The minimum absolute atomic E-state index is 0.642. The van der Waals surface area contributed by atoms with E-state index in [0.29, 0.717) is 12.2 Å². The fourth-order valence-electron chi connectivity index (χ4n) is 1.01. The lowest BCUT2D eigenvalue weighted by Crippen LogP contribution is -1.99. The van der Waals surface area contributed by atoms with Crippen LogP contribution in [0.1, 0.15) is 10.0 Å². The lowest BCUT2D eigenvalue weighted by molar-refractivity contribution is 0.677. The molecular weight excluding hydrogens is 186 g/mol. The molecule has 0 aliphatic rings. The number of aryl methyl sites for hydroxylation is 1. The first-order valence-corrected chi connectivity index (χ1v) is 4.62. The van der Waals surface area contributed by atoms with Gasteiger partial charge in [0.05, 0.1) is 18.4 Å². The first kappa shape index (κ1) is 8.18. The zero-order valence-corrected chi connectivity index (χ0v) is 7.95. The third-order valence-electron chi connectivity index (χ3n) is 1.52. The van der Waals surface area contributed by atoms with Gasteiger partial charge in [0.2, 0.25) is 0 Å². The van der Waals surface area contributed by atoms with Gasteiger partial charge in [0.1, 0.15) is 10.0 Å². The number of aromatic nitrogens is 4. The van der Waals surface area contributed by atoms with Gasteiger partial charge in [-0.2, -0.15) is 5.10 Å². The molecule has 0 spiro atoms. The number of rotatable bonds is 2. The molecule has 0 radical (unpaired) electrons. The van der Waals surface area contributed by atoms with E-state index >= 15 is 0 Å². The van der Waals surface area contributed by atoms with Crippen molar-refractivity contribution < 1.29 is 0 Å². The average Bonchev–Trinajstić information content (AvgIpc) is 2.62. The molecule has 2 N–H and O–H groups in total. The van der Waals surface area contributed by atoms with Crippen LogP contribution in [0.2, 0.25) is 0 Å². The second kappa shape index (κ2) is 3.14. The highest BCUT2D eigenvalue weighted by Crippen LogP contribution is 2.09. The van der Waals surface area contributed by atoms with Crippen LogP contribution in [0.15, 0.2) is 12.4 Å². The summed E-state index contributed by atoms with van der Waals surface area (Å²) >= 11 is 1.57. The molecule has 0 atom stereocenters. The van der Waals surface area contributed by atoms with Gasteiger partial charge in [0.15, 0.2) is 0 Å². The minimum Gasteiger partial charge on any atom is -0.396 e. The Morgan fingerprint density at radius 1 is 1.54 bits per heavy atom. The van der Waals surface area contributed by atoms with Gasteiger partial charge in [0.25, 0.3) is 0 Å². The lowest BCUT2D eigenvalue weighted by Gasteiger charge is -1.93. The van der Waals surface area contributed by atoms with Crippen LogP contribution in [-0.4, -0.2) is 20.0 Å². The second-order valence-corrected chi connectivity index (χ2v) is 3.95.